The van der Waals surface area contributed by atoms with Gasteiger partial charge in [-0.05, 0) is 38.5 Å². The Hall–Kier alpha value is -3.36. The Kier molecular flexibility index (Phi) is 4.61. The van der Waals surface area contributed by atoms with Gasteiger partial charge in [0.2, 0.25) is 0 Å². The van der Waals surface area contributed by atoms with E-state index in [1.807, 2.05) is 31.2 Å². The van der Waals surface area contributed by atoms with Gasteiger partial charge in [-0.25, -0.2) is 9.78 Å². The molecular weight excluding hydrogens is 338 g/mol. The third kappa shape index (κ3) is 2.99. The van der Waals surface area contributed by atoms with Crippen LogP contribution in [0.15, 0.2) is 35.4 Å². The molecule has 26 heavy (non-hydrogen) atoms. The highest BCUT2D eigenvalue weighted by Gasteiger charge is 2.29. The summed E-state index contributed by atoms with van der Waals surface area (Å²) in [5.74, 6) is -1.34. The Morgan fingerprint density at radius 3 is 2.73 bits per heavy atom. The maximum absolute atomic E-state index is 12.7. The first-order chi connectivity index (χ1) is 12.4. The van der Waals surface area contributed by atoms with Crippen molar-refractivity contribution in [3.05, 3.63) is 46.5 Å². The lowest BCUT2D eigenvalue weighted by atomic mass is 10.2. The summed E-state index contributed by atoms with van der Waals surface area (Å²) in [5, 5.41) is 7.87. The highest BCUT2D eigenvalue weighted by Crippen LogP contribution is 2.15. The van der Waals surface area contributed by atoms with E-state index < -0.39 is 23.4 Å². The lowest BCUT2D eigenvalue weighted by molar-refractivity contribution is -0.150. The molecule has 2 heterocycles. The quantitative estimate of drug-likeness (QED) is 0.496. The van der Waals surface area contributed by atoms with Gasteiger partial charge in [0.25, 0.3) is 5.56 Å². The summed E-state index contributed by atoms with van der Waals surface area (Å²) >= 11 is 0. The molecule has 3 rings (SSSR count). The second kappa shape index (κ2) is 6.87. The molecule has 0 aliphatic rings. The van der Waals surface area contributed by atoms with Crippen LogP contribution in [0.3, 0.4) is 0 Å². The molecule has 0 aliphatic heterocycles. The Bertz CT molecular complexity index is 1050. The molecule has 1 atom stereocenters. The van der Waals surface area contributed by atoms with Gasteiger partial charge in [0.1, 0.15) is 6.33 Å². The fourth-order valence-electron chi connectivity index (χ4n) is 2.64. The number of rotatable bonds is 5. The van der Waals surface area contributed by atoms with Gasteiger partial charge in [0.05, 0.1) is 12.3 Å². The number of carbonyl (C=O) groups excluding carboxylic acids is 2. The van der Waals surface area contributed by atoms with E-state index in [-0.39, 0.29) is 17.8 Å². The van der Waals surface area contributed by atoms with Crippen LogP contribution >= 0.6 is 0 Å². The Labute approximate surface area is 148 Å². The maximum Gasteiger partial charge on any atom is 0.337 e. The lowest BCUT2D eigenvalue weighted by Crippen LogP contribution is -2.35. The third-order valence-electron chi connectivity index (χ3n) is 3.81. The SMILES string of the molecule is CCOC(=O)[C@H](C(C)=O)n1cnc2c(nnn2-c2cccc(C)c2)c1=O. The van der Waals surface area contributed by atoms with Gasteiger partial charge >= 0.3 is 5.97 Å². The number of ketones is 1. The van der Waals surface area contributed by atoms with Crippen LogP contribution in [0.1, 0.15) is 25.5 Å². The number of esters is 1. The molecule has 0 N–H and O–H groups in total. The number of hydrogen-bond donors (Lipinski definition) is 0. The second-order valence-electron chi connectivity index (χ2n) is 5.73. The number of aromatic nitrogens is 5. The summed E-state index contributed by atoms with van der Waals surface area (Å²) in [5.41, 5.74) is 1.28. The summed E-state index contributed by atoms with van der Waals surface area (Å²) in [4.78, 5) is 40.9. The van der Waals surface area contributed by atoms with Crippen molar-refractivity contribution in [2.75, 3.05) is 6.61 Å². The van der Waals surface area contributed by atoms with Crippen molar-refractivity contribution in [3.8, 4) is 5.69 Å². The molecule has 2 aromatic heterocycles. The zero-order valence-corrected chi connectivity index (χ0v) is 14.5. The van der Waals surface area contributed by atoms with E-state index in [1.54, 1.807) is 6.92 Å². The van der Waals surface area contributed by atoms with E-state index in [0.717, 1.165) is 16.5 Å². The first-order valence-electron chi connectivity index (χ1n) is 8.00. The fraction of sp³-hybridized carbons (Fsp3) is 0.294. The maximum atomic E-state index is 12.7. The van der Waals surface area contributed by atoms with E-state index in [1.165, 1.54) is 11.6 Å². The van der Waals surface area contributed by atoms with Crippen LogP contribution in [0.5, 0.6) is 0 Å². The Balaban J connectivity index is 2.14. The summed E-state index contributed by atoms with van der Waals surface area (Å²) in [6.45, 7) is 4.85. The van der Waals surface area contributed by atoms with Gasteiger partial charge in [0.15, 0.2) is 23.0 Å². The molecule has 9 nitrogen and oxygen atoms in total. The lowest BCUT2D eigenvalue weighted by Gasteiger charge is -2.14. The van der Waals surface area contributed by atoms with Crippen molar-refractivity contribution in [1.82, 2.24) is 24.5 Å². The van der Waals surface area contributed by atoms with Crippen molar-refractivity contribution >= 4 is 22.9 Å². The average molecular weight is 355 g/mol. The first kappa shape index (κ1) is 17.5. The van der Waals surface area contributed by atoms with Crippen molar-refractivity contribution in [2.45, 2.75) is 26.8 Å². The van der Waals surface area contributed by atoms with Crippen LogP contribution in [0.4, 0.5) is 0 Å². The molecule has 134 valence electrons. The van der Waals surface area contributed by atoms with Gasteiger partial charge in [-0.15, -0.1) is 5.10 Å². The van der Waals surface area contributed by atoms with Gasteiger partial charge in [-0.2, -0.15) is 4.68 Å². The van der Waals surface area contributed by atoms with Crippen LogP contribution < -0.4 is 5.56 Å². The van der Waals surface area contributed by atoms with Crippen molar-refractivity contribution < 1.29 is 14.3 Å². The largest absolute Gasteiger partial charge is 0.464 e. The normalized spacial score (nSPS) is 12.1. The van der Waals surface area contributed by atoms with Gasteiger partial charge < -0.3 is 4.74 Å². The molecule has 0 saturated heterocycles. The number of fused-ring (bicyclic) bond motifs is 1. The summed E-state index contributed by atoms with van der Waals surface area (Å²) in [7, 11) is 0. The number of aryl methyl sites for hydroxylation is 1. The van der Waals surface area contributed by atoms with Crippen LogP contribution in [-0.2, 0) is 14.3 Å². The average Bonchev–Trinajstić information content (AvgIpc) is 3.02. The molecule has 0 unspecified atom stereocenters. The molecule has 1 aromatic carbocycles. The zero-order valence-electron chi connectivity index (χ0n) is 14.5. The molecule has 0 radical (unpaired) electrons. The predicted molar refractivity (Wildman–Crippen MR) is 92.0 cm³/mol. The summed E-state index contributed by atoms with van der Waals surface area (Å²) in [6.07, 6.45) is 1.14. The highest BCUT2D eigenvalue weighted by molar-refractivity contribution is 6.00. The number of hydrogen-bond acceptors (Lipinski definition) is 7. The molecular formula is C17H17N5O4. The third-order valence-corrected chi connectivity index (χ3v) is 3.81. The molecule has 0 aliphatic carbocycles. The topological polar surface area (TPSA) is 109 Å². The van der Waals surface area contributed by atoms with Crippen LogP contribution in [0.2, 0.25) is 0 Å². The number of ether oxygens (including phenoxy) is 1. The Morgan fingerprint density at radius 2 is 2.08 bits per heavy atom. The van der Waals surface area contributed by atoms with Crippen molar-refractivity contribution in [1.29, 1.82) is 0 Å². The van der Waals surface area contributed by atoms with E-state index in [4.69, 9.17) is 4.74 Å². The van der Waals surface area contributed by atoms with Crippen LogP contribution in [0.25, 0.3) is 16.9 Å². The van der Waals surface area contributed by atoms with Crippen LogP contribution in [0, 0.1) is 6.92 Å². The number of carbonyl (C=O) groups is 2. The minimum absolute atomic E-state index is 0.0374. The molecule has 9 heteroatoms. The predicted octanol–water partition coefficient (Wildman–Crippen LogP) is 0.979. The first-order valence-corrected chi connectivity index (χ1v) is 8.00. The number of benzene rings is 1. The van der Waals surface area contributed by atoms with Gasteiger partial charge in [-0.1, -0.05) is 17.3 Å². The smallest absolute Gasteiger partial charge is 0.337 e. The fourth-order valence-corrected chi connectivity index (χ4v) is 2.64. The van der Waals surface area contributed by atoms with Gasteiger partial charge in [0, 0.05) is 0 Å². The van der Waals surface area contributed by atoms with Crippen molar-refractivity contribution in [3.63, 3.8) is 0 Å². The minimum atomic E-state index is -1.40. The molecule has 0 spiro atoms. The number of Topliss-reactive ketones (excluding diaryl/α,β-unsaturated/α-hetero) is 1. The van der Waals surface area contributed by atoms with E-state index in [9.17, 15) is 14.4 Å². The Morgan fingerprint density at radius 1 is 1.31 bits per heavy atom. The molecule has 0 fully saturated rings. The monoisotopic (exact) mass is 355 g/mol. The minimum Gasteiger partial charge on any atom is -0.464 e. The van der Waals surface area contributed by atoms with E-state index in [2.05, 4.69) is 15.3 Å². The molecule has 0 bridgehead atoms. The molecule has 3 aromatic rings. The molecule has 0 saturated carbocycles. The van der Waals surface area contributed by atoms with Gasteiger partial charge in [-0.3, -0.25) is 14.2 Å². The van der Waals surface area contributed by atoms with Crippen LogP contribution in [-0.4, -0.2) is 42.9 Å². The molecule has 0 amide bonds. The van der Waals surface area contributed by atoms with E-state index in [0.29, 0.717) is 5.69 Å². The van der Waals surface area contributed by atoms with E-state index >= 15 is 0 Å². The summed E-state index contributed by atoms with van der Waals surface area (Å²) in [6, 6.07) is 6.07. The highest BCUT2D eigenvalue weighted by atomic mass is 16.5. The standard InChI is InChI=1S/C17H17N5O4/c1-4-26-17(25)14(11(3)23)21-9-18-15-13(16(21)24)19-20-22(15)12-7-5-6-10(2)8-12/h5-9,14H,4H2,1-3H3/t14-/m0/s1. The zero-order chi connectivity index (χ0) is 18.8. The summed E-state index contributed by atoms with van der Waals surface area (Å²) < 4.78 is 7.25. The van der Waals surface area contributed by atoms with Crippen molar-refractivity contribution in [2.24, 2.45) is 0 Å². The second-order valence-corrected chi connectivity index (χ2v) is 5.73. The number of nitrogens with zero attached hydrogens (tertiary/aromatic N) is 5.